The first kappa shape index (κ1) is 20.0. The van der Waals surface area contributed by atoms with Gasteiger partial charge in [0, 0.05) is 10.2 Å². The number of thiazole rings is 1. The number of benzene rings is 2. The van der Waals surface area contributed by atoms with Crippen molar-refractivity contribution in [1.82, 2.24) is 25.3 Å². The lowest BCUT2D eigenvalue weighted by Gasteiger charge is -2.06. The van der Waals surface area contributed by atoms with Crippen molar-refractivity contribution in [2.75, 3.05) is 10.6 Å². The van der Waals surface area contributed by atoms with Crippen LogP contribution in [-0.2, 0) is 17.9 Å². The normalized spacial score (nSPS) is 10.7. The number of anilines is 2. The molecule has 152 valence electrons. The third kappa shape index (κ3) is 5.19. The highest BCUT2D eigenvalue weighted by Gasteiger charge is 2.10. The van der Waals surface area contributed by atoms with Crippen LogP contribution in [0.15, 0.2) is 59.2 Å². The van der Waals surface area contributed by atoms with E-state index in [1.807, 2.05) is 36.4 Å². The predicted octanol–water partition coefficient (Wildman–Crippen LogP) is 3.61. The summed E-state index contributed by atoms with van der Waals surface area (Å²) < 4.78 is 3.34. The van der Waals surface area contributed by atoms with Crippen molar-refractivity contribution in [2.24, 2.45) is 0 Å². The standard InChI is InChI=1S/C19H16BrN7O2S/c20-12-5-7-13(8-6-12)22-18(29)21-9-14-10-27(26-25-14)11-17(28)24-19-23-15-3-1-2-4-16(15)30-19/h1-8,10H,9,11H2,(H2,21,22,29)(H,23,24,28). The van der Waals surface area contributed by atoms with Gasteiger partial charge in [0.1, 0.15) is 12.2 Å². The van der Waals surface area contributed by atoms with Crippen molar-refractivity contribution in [3.05, 3.63) is 64.9 Å². The second kappa shape index (κ2) is 9.01. The van der Waals surface area contributed by atoms with Crippen LogP contribution in [0.5, 0.6) is 0 Å². The van der Waals surface area contributed by atoms with Crippen LogP contribution in [0.1, 0.15) is 5.69 Å². The van der Waals surface area contributed by atoms with Gasteiger partial charge in [0.05, 0.1) is 23.0 Å². The molecule has 3 N–H and O–H groups in total. The number of carbonyl (C=O) groups excluding carboxylic acids is 2. The van der Waals surface area contributed by atoms with E-state index in [-0.39, 0.29) is 25.0 Å². The maximum atomic E-state index is 12.2. The molecule has 4 aromatic rings. The minimum atomic E-state index is -0.361. The molecule has 0 saturated carbocycles. The van der Waals surface area contributed by atoms with Gasteiger partial charge < -0.3 is 16.0 Å². The number of hydrogen-bond acceptors (Lipinski definition) is 6. The van der Waals surface area contributed by atoms with Crippen molar-refractivity contribution in [1.29, 1.82) is 0 Å². The summed E-state index contributed by atoms with van der Waals surface area (Å²) in [5.41, 5.74) is 2.05. The fourth-order valence-electron chi connectivity index (χ4n) is 2.61. The van der Waals surface area contributed by atoms with Gasteiger partial charge in [0.25, 0.3) is 0 Å². The molecule has 0 fully saturated rings. The molecular weight excluding hydrogens is 470 g/mol. The molecule has 0 bridgehead atoms. The van der Waals surface area contributed by atoms with Gasteiger partial charge in [-0.3, -0.25) is 4.79 Å². The lowest BCUT2D eigenvalue weighted by Crippen LogP contribution is -2.28. The second-order valence-electron chi connectivity index (χ2n) is 6.26. The number of amides is 3. The van der Waals surface area contributed by atoms with E-state index in [0.29, 0.717) is 16.5 Å². The highest BCUT2D eigenvalue weighted by molar-refractivity contribution is 9.10. The van der Waals surface area contributed by atoms with Crippen LogP contribution in [0.4, 0.5) is 15.6 Å². The summed E-state index contributed by atoms with van der Waals surface area (Å²) in [6.07, 6.45) is 1.61. The summed E-state index contributed by atoms with van der Waals surface area (Å²) in [6.45, 7) is 0.176. The minimum absolute atomic E-state index is 0.00594. The Morgan fingerprint density at radius 3 is 2.67 bits per heavy atom. The average molecular weight is 486 g/mol. The molecule has 2 heterocycles. The van der Waals surface area contributed by atoms with E-state index in [1.54, 1.807) is 18.3 Å². The molecule has 2 aromatic carbocycles. The van der Waals surface area contributed by atoms with Gasteiger partial charge in [0.15, 0.2) is 5.13 Å². The molecular formula is C19H16BrN7O2S. The molecule has 11 heteroatoms. The molecule has 3 amide bonds. The fraction of sp³-hybridized carbons (Fsp3) is 0.105. The van der Waals surface area contributed by atoms with E-state index < -0.39 is 0 Å². The first-order valence-corrected chi connectivity index (χ1v) is 10.5. The van der Waals surface area contributed by atoms with Gasteiger partial charge in [-0.2, -0.15) is 0 Å². The molecule has 9 nitrogen and oxygen atoms in total. The number of fused-ring (bicyclic) bond motifs is 1. The zero-order valence-corrected chi connectivity index (χ0v) is 17.9. The average Bonchev–Trinajstić information content (AvgIpc) is 3.34. The number of carbonyl (C=O) groups is 2. The number of nitrogens with one attached hydrogen (secondary N) is 3. The Balaban J connectivity index is 1.26. The lowest BCUT2D eigenvalue weighted by molar-refractivity contribution is -0.116. The first-order valence-electron chi connectivity index (χ1n) is 8.90. The van der Waals surface area contributed by atoms with Crippen molar-refractivity contribution >= 4 is 60.2 Å². The van der Waals surface area contributed by atoms with Crippen molar-refractivity contribution in [2.45, 2.75) is 13.1 Å². The summed E-state index contributed by atoms with van der Waals surface area (Å²) in [5, 5.41) is 16.6. The molecule has 30 heavy (non-hydrogen) atoms. The molecule has 0 radical (unpaired) electrons. The van der Waals surface area contributed by atoms with E-state index in [9.17, 15) is 9.59 Å². The Morgan fingerprint density at radius 1 is 1.07 bits per heavy atom. The summed E-state index contributed by atoms with van der Waals surface area (Å²) in [7, 11) is 0. The van der Waals surface area contributed by atoms with Gasteiger partial charge in [-0.15, -0.1) is 5.10 Å². The highest BCUT2D eigenvalue weighted by atomic mass is 79.9. The quantitative estimate of drug-likeness (QED) is 0.385. The number of nitrogens with zero attached hydrogens (tertiary/aromatic N) is 4. The minimum Gasteiger partial charge on any atom is -0.332 e. The summed E-state index contributed by atoms with van der Waals surface area (Å²) >= 11 is 4.75. The molecule has 0 spiro atoms. The van der Waals surface area contributed by atoms with Crippen molar-refractivity contribution in [3.8, 4) is 0 Å². The third-order valence-corrected chi connectivity index (χ3v) is 5.44. The maximum Gasteiger partial charge on any atom is 0.319 e. The number of hydrogen-bond donors (Lipinski definition) is 3. The van der Waals surface area contributed by atoms with Crippen LogP contribution < -0.4 is 16.0 Å². The van der Waals surface area contributed by atoms with Gasteiger partial charge >= 0.3 is 6.03 Å². The van der Waals surface area contributed by atoms with Gasteiger partial charge in [-0.05, 0) is 36.4 Å². The zero-order valence-electron chi connectivity index (χ0n) is 15.5. The first-order chi connectivity index (χ1) is 14.5. The van der Waals surface area contributed by atoms with E-state index in [2.05, 4.69) is 47.2 Å². The van der Waals surface area contributed by atoms with Crippen molar-refractivity contribution < 1.29 is 9.59 Å². The topological polar surface area (TPSA) is 114 Å². The number of urea groups is 1. The Kier molecular flexibility index (Phi) is 6.00. The molecule has 0 aliphatic carbocycles. The molecule has 4 rings (SSSR count). The van der Waals surface area contributed by atoms with E-state index in [1.165, 1.54) is 16.0 Å². The second-order valence-corrected chi connectivity index (χ2v) is 8.20. The van der Waals surface area contributed by atoms with Gasteiger partial charge in [0.2, 0.25) is 5.91 Å². The molecule has 0 unspecified atom stereocenters. The van der Waals surface area contributed by atoms with Crippen LogP contribution >= 0.6 is 27.3 Å². The third-order valence-electron chi connectivity index (χ3n) is 3.96. The Labute approximate surface area is 183 Å². The SMILES string of the molecule is O=C(Cn1cc(CNC(=O)Nc2ccc(Br)cc2)nn1)Nc1nc2ccccc2s1. The van der Waals surface area contributed by atoms with E-state index >= 15 is 0 Å². The predicted molar refractivity (Wildman–Crippen MR) is 118 cm³/mol. The van der Waals surface area contributed by atoms with Crippen LogP contribution in [0.3, 0.4) is 0 Å². The largest absolute Gasteiger partial charge is 0.332 e. The maximum absolute atomic E-state index is 12.2. The number of halogens is 1. The summed E-state index contributed by atoms with van der Waals surface area (Å²) in [5.74, 6) is -0.258. The monoisotopic (exact) mass is 485 g/mol. The van der Waals surface area contributed by atoms with Crippen LogP contribution in [0.25, 0.3) is 10.2 Å². The number of para-hydroxylation sites is 1. The van der Waals surface area contributed by atoms with Crippen molar-refractivity contribution in [3.63, 3.8) is 0 Å². The van der Waals surface area contributed by atoms with Gasteiger partial charge in [-0.1, -0.05) is 44.6 Å². The Bertz CT molecular complexity index is 1160. The fourth-order valence-corrected chi connectivity index (χ4v) is 3.75. The zero-order chi connectivity index (χ0) is 20.9. The van der Waals surface area contributed by atoms with Crippen LogP contribution in [-0.4, -0.2) is 31.9 Å². The Morgan fingerprint density at radius 2 is 1.87 bits per heavy atom. The van der Waals surface area contributed by atoms with Gasteiger partial charge in [-0.25, -0.2) is 14.5 Å². The smallest absolute Gasteiger partial charge is 0.319 e. The highest BCUT2D eigenvalue weighted by Crippen LogP contribution is 2.25. The molecule has 0 aliphatic rings. The summed E-state index contributed by atoms with van der Waals surface area (Å²) in [4.78, 5) is 28.6. The molecule has 0 atom stereocenters. The molecule has 2 aromatic heterocycles. The van der Waals surface area contributed by atoms with E-state index in [0.717, 1.165) is 14.7 Å². The Hall–Kier alpha value is -3.31. The molecule has 0 saturated heterocycles. The van der Waals surface area contributed by atoms with E-state index in [4.69, 9.17) is 0 Å². The lowest BCUT2D eigenvalue weighted by atomic mass is 10.3. The van der Waals surface area contributed by atoms with Crippen LogP contribution in [0.2, 0.25) is 0 Å². The number of aromatic nitrogens is 4. The van der Waals surface area contributed by atoms with Crippen LogP contribution in [0, 0.1) is 0 Å². The number of rotatable bonds is 6. The molecule has 0 aliphatic heterocycles. The summed E-state index contributed by atoms with van der Waals surface area (Å²) in [6, 6.07) is 14.5.